The number of carbonyl (C=O) groups is 1. The molecule has 2 unspecified atom stereocenters. The Bertz CT molecular complexity index is 232. The monoisotopic (exact) mass is 246 g/mol. The number of nitrogens with one attached hydrogen (secondary N) is 2. The third-order valence-electron chi connectivity index (χ3n) is 2.06. The normalized spacial score (nSPS) is 16.2. The zero-order valence-corrected chi connectivity index (χ0v) is 11.1. The number of hydrogen-bond donors (Lipinski definition) is 3. The Morgan fingerprint density at radius 3 is 2.81 bits per heavy atom. The Morgan fingerprint density at radius 1 is 1.69 bits per heavy atom. The summed E-state index contributed by atoms with van der Waals surface area (Å²) in [7, 11) is 0. The lowest BCUT2D eigenvalue weighted by Crippen LogP contribution is -2.49. The van der Waals surface area contributed by atoms with Gasteiger partial charge >= 0.3 is 0 Å². The molecule has 0 aromatic carbocycles. The molecule has 0 heterocycles. The van der Waals surface area contributed by atoms with Gasteiger partial charge in [0.15, 0.2) is 0 Å². The Balaban J connectivity index is 3.91. The van der Waals surface area contributed by atoms with Gasteiger partial charge in [-0.1, -0.05) is 6.08 Å². The molecule has 0 aromatic rings. The van der Waals surface area contributed by atoms with Crippen molar-refractivity contribution >= 4 is 17.7 Å². The number of aliphatic hydroxyl groups is 1. The van der Waals surface area contributed by atoms with E-state index in [0.29, 0.717) is 18.8 Å². The van der Waals surface area contributed by atoms with Gasteiger partial charge in [0.05, 0.1) is 11.6 Å². The summed E-state index contributed by atoms with van der Waals surface area (Å²) in [5.41, 5.74) is -0.785. The van der Waals surface area contributed by atoms with Gasteiger partial charge in [-0.2, -0.15) is 11.8 Å². The Labute approximate surface area is 102 Å². The molecular weight excluding hydrogens is 224 g/mol. The summed E-state index contributed by atoms with van der Waals surface area (Å²) >= 11 is 1.58. The minimum absolute atomic E-state index is 0.0835. The predicted octanol–water partition coefficient (Wildman–Crippen LogP) is 0.381. The van der Waals surface area contributed by atoms with Gasteiger partial charge in [-0.3, -0.25) is 4.79 Å². The van der Waals surface area contributed by atoms with E-state index in [4.69, 9.17) is 0 Å². The average Bonchev–Trinajstić information content (AvgIpc) is 2.22. The van der Waals surface area contributed by atoms with Crippen LogP contribution in [0.5, 0.6) is 0 Å². The summed E-state index contributed by atoms with van der Waals surface area (Å²) in [5, 5.41) is 15.6. The third-order valence-corrected chi connectivity index (χ3v) is 2.97. The lowest BCUT2D eigenvalue weighted by atomic mass is 10.1. The minimum atomic E-state index is -0.785. The molecule has 0 rings (SSSR count). The van der Waals surface area contributed by atoms with E-state index in [1.54, 1.807) is 31.7 Å². The highest BCUT2D eigenvalue weighted by molar-refractivity contribution is 7.98. The van der Waals surface area contributed by atoms with Crippen molar-refractivity contribution in [2.24, 2.45) is 0 Å². The van der Waals surface area contributed by atoms with Gasteiger partial charge in [0.1, 0.15) is 0 Å². The van der Waals surface area contributed by atoms with E-state index in [-0.39, 0.29) is 11.9 Å². The molecule has 0 aromatic heterocycles. The summed E-state index contributed by atoms with van der Waals surface area (Å²) < 4.78 is 0. The van der Waals surface area contributed by atoms with Crippen LogP contribution >= 0.6 is 11.8 Å². The molecule has 0 aliphatic rings. The number of hydrogen-bond acceptors (Lipinski definition) is 4. The van der Waals surface area contributed by atoms with Crippen LogP contribution in [0.2, 0.25) is 0 Å². The first-order valence-corrected chi connectivity index (χ1v) is 6.65. The number of thioether (sulfide) groups is 1. The average molecular weight is 246 g/mol. The van der Waals surface area contributed by atoms with Crippen LogP contribution in [0.4, 0.5) is 0 Å². The molecule has 94 valence electrons. The van der Waals surface area contributed by atoms with Crippen molar-refractivity contribution in [2.75, 3.05) is 25.1 Å². The summed E-state index contributed by atoms with van der Waals surface area (Å²) in [4.78, 5) is 11.5. The van der Waals surface area contributed by atoms with Crippen LogP contribution < -0.4 is 10.6 Å². The second-order valence-electron chi connectivity index (χ2n) is 4.07. The Hall–Kier alpha value is -0.520. The topological polar surface area (TPSA) is 61.4 Å². The van der Waals surface area contributed by atoms with Crippen molar-refractivity contribution in [2.45, 2.75) is 25.5 Å². The van der Waals surface area contributed by atoms with Crippen LogP contribution in [0.1, 0.15) is 13.8 Å². The van der Waals surface area contributed by atoms with E-state index in [1.807, 2.05) is 6.26 Å². The molecule has 0 bridgehead atoms. The molecule has 16 heavy (non-hydrogen) atoms. The van der Waals surface area contributed by atoms with E-state index >= 15 is 0 Å². The molecule has 0 fully saturated rings. The smallest absolute Gasteiger partial charge is 0.237 e. The molecule has 0 aliphatic carbocycles. The van der Waals surface area contributed by atoms with E-state index in [0.717, 1.165) is 0 Å². The minimum Gasteiger partial charge on any atom is -0.388 e. The maximum atomic E-state index is 11.5. The zero-order valence-electron chi connectivity index (χ0n) is 10.2. The number of carbonyl (C=O) groups excluding carboxylic acids is 1. The first-order valence-electron chi connectivity index (χ1n) is 5.26. The van der Waals surface area contributed by atoms with Gasteiger partial charge in [-0.05, 0) is 20.1 Å². The van der Waals surface area contributed by atoms with E-state index in [9.17, 15) is 9.90 Å². The molecule has 0 saturated carbocycles. The van der Waals surface area contributed by atoms with Gasteiger partial charge in [0, 0.05) is 18.8 Å². The fraction of sp³-hybridized carbons (Fsp3) is 0.727. The van der Waals surface area contributed by atoms with Crippen LogP contribution in [0.15, 0.2) is 12.7 Å². The highest BCUT2D eigenvalue weighted by Gasteiger charge is 2.21. The van der Waals surface area contributed by atoms with Gasteiger partial charge in [0.2, 0.25) is 5.91 Å². The summed E-state index contributed by atoms with van der Waals surface area (Å²) in [6.07, 6.45) is 3.57. The molecule has 5 heteroatoms. The third kappa shape index (κ3) is 6.87. The summed E-state index contributed by atoms with van der Waals surface area (Å²) in [5.74, 6) is 0.556. The molecule has 0 aliphatic heterocycles. The van der Waals surface area contributed by atoms with Gasteiger partial charge in [-0.25, -0.2) is 0 Å². The zero-order chi connectivity index (χ0) is 12.6. The van der Waals surface area contributed by atoms with Crippen molar-refractivity contribution in [3.63, 3.8) is 0 Å². The van der Waals surface area contributed by atoms with Crippen molar-refractivity contribution < 1.29 is 9.90 Å². The fourth-order valence-electron chi connectivity index (χ4n) is 1.15. The quantitative estimate of drug-likeness (QED) is 0.542. The molecule has 1 amide bonds. The van der Waals surface area contributed by atoms with Crippen LogP contribution in [0.25, 0.3) is 0 Å². The van der Waals surface area contributed by atoms with E-state index in [1.165, 1.54) is 0 Å². The van der Waals surface area contributed by atoms with Crippen LogP contribution in [-0.4, -0.2) is 47.8 Å². The second kappa shape index (κ2) is 7.70. The number of amides is 1. The lowest BCUT2D eigenvalue weighted by Gasteiger charge is -2.24. The Morgan fingerprint density at radius 2 is 2.31 bits per heavy atom. The summed E-state index contributed by atoms with van der Waals surface area (Å²) in [6, 6.07) is -0.312. The standard InChI is InChI=1S/C11H22N2O2S/c1-5-6-12-10(14)9(2)13-7-11(3,15)8-16-4/h5,9,13,15H,1,6-8H2,2-4H3,(H,12,14). The summed E-state index contributed by atoms with van der Waals surface area (Å²) in [6.45, 7) is 7.91. The molecule has 3 N–H and O–H groups in total. The molecule has 4 nitrogen and oxygen atoms in total. The molecule has 2 atom stereocenters. The molecular formula is C11H22N2O2S. The fourth-order valence-corrected chi connectivity index (χ4v) is 1.88. The van der Waals surface area contributed by atoms with Gasteiger partial charge in [-0.15, -0.1) is 6.58 Å². The van der Waals surface area contributed by atoms with Crippen LogP contribution in [0.3, 0.4) is 0 Å². The van der Waals surface area contributed by atoms with Crippen molar-refractivity contribution in [1.29, 1.82) is 0 Å². The van der Waals surface area contributed by atoms with Gasteiger partial charge < -0.3 is 15.7 Å². The maximum absolute atomic E-state index is 11.5. The molecule has 0 radical (unpaired) electrons. The SMILES string of the molecule is C=CCNC(=O)C(C)NCC(C)(O)CSC. The first kappa shape index (κ1) is 15.5. The lowest BCUT2D eigenvalue weighted by molar-refractivity contribution is -0.122. The van der Waals surface area contributed by atoms with Crippen molar-refractivity contribution in [3.05, 3.63) is 12.7 Å². The highest BCUT2D eigenvalue weighted by Crippen LogP contribution is 2.09. The molecule has 0 saturated heterocycles. The first-order chi connectivity index (χ1) is 7.43. The van der Waals surface area contributed by atoms with E-state index < -0.39 is 5.60 Å². The second-order valence-corrected chi connectivity index (χ2v) is 4.93. The largest absolute Gasteiger partial charge is 0.388 e. The Kier molecular flexibility index (Phi) is 7.45. The van der Waals surface area contributed by atoms with Crippen LogP contribution in [0, 0.1) is 0 Å². The highest BCUT2D eigenvalue weighted by atomic mass is 32.2. The van der Waals surface area contributed by atoms with Gasteiger partial charge in [0.25, 0.3) is 0 Å². The maximum Gasteiger partial charge on any atom is 0.237 e. The number of rotatable bonds is 8. The van der Waals surface area contributed by atoms with Crippen molar-refractivity contribution in [3.8, 4) is 0 Å². The predicted molar refractivity (Wildman–Crippen MR) is 69.7 cm³/mol. The van der Waals surface area contributed by atoms with Crippen molar-refractivity contribution in [1.82, 2.24) is 10.6 Å². The van der Waals surface area contributed by atoms with E-state index in [2.05, 4.69) is 17.2 Å². The molecule has 0 spiro atoms. The van der Waals surface area contributed by atoms with Crippen LogP contribution in [-0.2, 0) is 4.79 Å².